The Morgan fingerprint density at radius 3 is 2.53 bits per heavy atom. The third-order valence-corrected chi connectivity index (χ3v) is 3.91. The van der Waals surface area contributed by atoms with Gasteiger partial charge in [0.15, 0.2) is 0 Å². The summed E-state index contributed by atoms with van der Waals surface area (Å²) < 4.78 is 0. The highest BCUT2D eigenvalue weighted by Gasteiger charge is 2.40. The average Bonchev–Trinajstić information content (AvgIpc) is 2.33. The van der Waals surface area contributed by atoms with Gasteiger partial charge in [-0.2, -0.15) is 4.99 Å². The number of benzene rings is 1. The zero-order valence-electron chi connectivity index (χ0n) is 10.6. The third-order valence-electron chi connectivity index (χ3n) is 3.91. The van der Waals surface area contributed by atoms with E-state index in [1.165, 1.54) is 16.7 Å². The zero-order valence-corrected chi connectivity index (χ0v) is 10.6. The Labute approximate surface area is 103 Å². The van der Waals surface area contributed by atoms with Crippen LogP contribution in [0.5, 0.6) is 0 Å². The van der Waals surface area contributed by atoms with Crippen molar-refractivity contribution in [2.45, 2.75) is 51.5 Å². The summed E-state index contributed by atoms with van der Waals surface area (Å²) in [5.74, 6) is 0. The molecule has 0 bridgehead atoms. The van der Waals surface area contributed by atoms with Crippen LogP contribution < -0.4 is 0 Å². The minimum Gasteiger partial charge on any atom is -0.211 e. The highest BCUT2D eigenvalue weighted by Crippen LogP contribution is 2.46. The van der Waals surface area contributed by atoms with E-state index < -0.39 is 0 Å². The number of nitrogens with zero attached hydrogens (tertiary/aromatic N) is 1. The van der Waals surface area contributed by atoms with Gasteiger partial charge >= 0.3 is 0 Å². The lowest BCUT2D eigenvalue weighted by molar-refractivity contribution is 0.254. The van der Waals surface area contributed by atoms with E-state index in [-0.39, 0.29) is 5.54 Å². The molecule has 0 spiro atoms. The maximum absolute atomic E-state index is 10.6. The quantitative estimate of drug-likeness (QED) is 0.573. The minimum atomic E-state index is -0.252. The van der Waals surface area contributed by atoms with Gasteiger partial charge in [-0.25, -0.2) is 4.79 Å². The van der Waals surface area contributed by atoms with Crippen molar-refractivity contribution in [2.24, 2.45) is 4.99 Å². The van der Waals surface area contributed by atoms with Gasteiger partial charge in [0.2, 0.25) is 6.08 Å². The predicted octanol–water partition coefficient (Wildman–Crippen LogP) is 3.53. The van der Waals surface area contributed by atoms with Crippen molar-refractivity contribution in [2.75, 3.05) is 0 Å². The molecule has 17 heavy (non-hydrogen) atoms. The molecule has 2 heteroatoms. The number of hydrogen-bond donors (Lipinski definition) is 0. The summed E-state index contributed by atoms with van der Waals surface area (Å²) in [4.78, 5) is 14.8. The molecule has 2 rings (SSSR count). The number of isocyanates is 1. The maximum Gasteiger partial charge on any atom is 0.235 e. The fourth-order valence-electron chi connectivity index (χ4n) is 2.63. The summed E-state index contributed by atoms with van der Waals surface area (Å²) in [6.45, 7) is 4.31. The van der Waals surface area contributed by atoms with Gasteiger partial charge in [-0.05, 0) is 48.8 Å². The molecule has 90 valence electrons. The zero-order chi connectivity index (χ0) is 12.3. The Balaban J connectivity index is 2.51. The first-order chi connectivity index (χ1) is 8.25. The van der Waals surface area contributed by atoms with Crippen molar-refractivity contribution in [3.63, 3.8) is 0 Å². The molecule has 1 aliphatic rings. The second-order valence-electron chi connectivity index (χ2n) is 4.79. The minimum absolute atomic E-state index is 0.252. The highest BCUT2D eigenvalue weighted by atomic mass is 16.1. The van der Waals surface area contributed by atoms with Crippen molar-refractivity contribution in [3.8, 4) is 0 Å². The van der Waals surface area contributed by atoms with Crippen LogP contribution in [-0.2, 0) is 23.2 Å². The van der Waals surface area contributed by atoms with Crippen molar-refractivity contribution in [3.05, 3.63) is 34.9 Å². The number of aliphatic imine (C=N–C) groups is 1. The molecule has 0 saturated heterocycles. The number of rotatable bonds is 4. The topological polar surface area (TPSA) is 29.4 Å². The molecule has 2 nitrogen and oxygen atoms in total. The third kappa shape index (κ3) is 2.05. The Morgan fingerprint density at radius 1 is 1.29 bits per heavy atom. The molecule has 0 aliphatic heterocycles. The van der Waals surface area contributed by atoms with Crippen molar-refractivity contribution in [1.29, 1.82) is 0 Å². The van der Waals surface area contributed by atoms with Crippen LogP contribution in [0.2, 0.25) is 0 Å². The van der Waals surface area contributed by atoms with Crippen LogP contribution >= 0.6 is 0 Å². The Hall–Kier alpha value is -1.40. The first-order valence-electron chi connectivity index (χ1n) is 6.47. The monoisotopic (exact) mass is 229 g/mol. The summed E-state index contributed by atoms with van der Waals surface area (Å²) in [6, 6.07) is 6.60. The van der Waals surface area contributed by atoms with E-state index in [9.17, 15) is 4.79 Å². The van der Waals surface area contributed by atoms with E-state index in [0.717, 1.165) is 32.1 Å². The van der Waals surface area contributed by atoms with Crippen molar-refractivity contribution >= 4 is 6.08 Å². The van der Waals surface area contributed by atoms with Crippen LogP contribution in [0.4, 0.5) is 0 Å². The molecule has 1 aliphatic carbocycles. The van der Waals surface area contributed by atoms with Gasteiger partial charge < -0.3 is 0 Å². The molecule has 0 aromatic heterocycles. The van der Waals surface area contributed by atoms with E-state index in [2.05, 4.69) is 37.0 Å². The van der Waals surface area contributed by atoms with Gasteiger partial charge in [0.1, 0.15) is 0 Å². The molecule has 1 fully saturated rings. The fraction of sp³-hybridized carbons (Fsp3) is 0.533. The Bertz CT molecular complexity index is 454. The van der Waals surface area contributed by atoms with Crippen LogP contribution in [-0.4, -0.2) is 6.08 Å². The second kappa shape index (κ2) is 4.85. The number of aryl methyl sites for hydroxylation is 2. The van der Waals surface area contributed by atoms with E-state index in [1.54, 1.807) is 6.08 Å². The summed E-state index contributed by atoms with van der Waals surface area (Å²) in [5.41, 5.74) is 3.65. The van der Waals surface area contributed by atoms with Gasteiger partial charge in [-0.15, -0.1) is 0 Å². The van der Waals surface area contributed by atoms with E-state index in [4.69, 9.17) is 0 Å². The SMILES string of the molecule is CCc1ccc(CC)c(C2(N=C=O)CCC2)c1. The highest BCUT2D eigenvalue weighted by molar-refractivity contribution is 5.44. The van der Waals surface area contributed by atoms with Gasteiger partial charge in [0.25, 0.3) is 0 Å². The number of hydrogen-bond acceptors (Lipinski definition) is 2. The fourth-order valence-corrected chi connectivity index (χ4v) is 2.63. The lowest BCUT2D eigenvalue weighted by atomic mass is 9.70. The maximum atomic E-state index is 10.6. The van der Waals surface area contributed by atoms with Gasteiger partial charge in [-0.1, -0.05) is 32.0 Å². The lowest BCUT2D eigenvalue weighted by Gasteiger charge is -2.38. The molecule has 0 heterocycles. The molecule has 1 aromatic carbocycles. The smallest absolute Gasteiger partial charge is 0.211 e. The van der Waals surface area contributed by atoms with Crippen LogP contribution in [0, 0.1) is 0 Å². The predicted molar refractivity (Wildman–Crippen MR) is 68.8 cm³/mol. The van der Waals surface area contributed by atoms with Crippen LogP contribution in [0.1, 0.15) is 49.8 Å². The van der Waals surface area contributed by atoms with E-state index in [1.807, 2.05) is 0 Å². The Morgan fingerprint density at radius 2 is 2.06 bits per heavy atom. The molecule has 0 unspecified atom stereocenters. The second-order valence-corrected chi connectivity index (χ2v) is 4.79. The molecule has 0 atom stereocenters. The lowest BCUT2D eigenvalue weighted by Crippen LogP contribution is -2.33. The van der Waals surface area contributed by atoms with E-state index >= 15 is 0 Å². The molecular weight excluding hydrogens is 210 g/mol. The summed E-state index contributed by atoms with van der Waals surface area (Å²) in [5, 5.41) is 0. The van der Waals surface area contributed by atoms with Crippen LogP contribution in [0.25, 0.3) is 0 Å². The van der Waals surface area contributed by atoms with Crippen molar-refractivity contribution in [1.82, 2.24) is 0 Å². The number of carbonyl (C=O) groups excluding carboxylic acids is 1. The normalized spacial score (nSPS) is 17.1. The molecule has 1 aromatic rings. The summed E-state index contributed by atoms with van der Waals surface area (Å²) in [7, 11) is 0. The van der Waals surface area contributed by atoms with Crippen LogP contribution in [0.3, 0.4) is 0 Å². The molecular formula is C15H19NO. The summed E-state index contributed by atoms with van der Waals surface area (Å²) in [6.07, 6.45) is 6.93. The van der Waals surface area contributed by atoms with Crippen LogP contribution in [0.15, 0.2) is 23.2 Å². The van der Waals surface area contributed by atoms with Gasteiger partial charge in [0, 0.05) is 0 Å². The molecule has 0 radical (unpaired) electrons. The average molecular weight is 229 g/mol. The standard InChI is InChI=1S/C15H19NO/c1-3-12-6-7-13(4-2)14(10-12)15(16-11-17)8-5-9-15/h6-7,10H,3-5,8-9H2,1-2H3. The van der Waals surface area contributed by atoms with Gasteiger partial charge in [0.05, 0.1) is 5.54 Å². The summed E-state index contributed by atoms with van der Waals surface area (Å²) >= 11 is 0. The molecule has 0 N–H and O–H groups in total. The molecule has 0 amide bonds. The first kappa shape index (κ1) is 12.1. The first-order valence-corrected chi connectivity index (χ1v) is 6.47. The van der Waals surface area contributed by atoms with Crippen molar-refractivity contribution < 1.29 is 4.79 Å². The largest absolute Gasteiger partial charge is 0.235 e. The molecule has 1 saturated carbocycles. The van der Waals surface area contributed by atoms with Gasteiger partial charge in [-0.3, -0.25) is 0 Å². The Kier molecular flexibility index (Phi) is 3.44. The van der Waals surface area contributed by atoms with E-state index in [0.29, 0.717) is 0 Å².